The zero-order valence-corrected chi connectivity index (χ0v) is 13.1. The number of benzene rings is 2. The maximum Gasteiger partial charge on any atom is 0.122 e. The van der Waals surface area contributed by atoms with Crippen molar-refractivity contribution in [2.45, 2.75) is 31.7 Å². The van der Waals surface area contributed by atoms with Gasteiger partial charge in [0.05, 0.1) is 18.1 Å². The van der Waals surface area contributed by atoms with E-state index in [2.05, 4.69) is 6.07 Å². The highest BCUT2D eigenvalue weighted by Crippen LogP contribution is 2.35. The summed E-state index contributed by atoms with van der Waals surface area (Å²) in [6.45, 7) is 4.81. The summed E-state index contributed by atoms with van der Waals surface area (Å²) < 4.78 is 11.3. The van der Waals surface area contributed by atoms with Gasteiger partial charge in [-0.2, -0.15) is 0 Å². The van der Waals surface area contributed by atoms with E-state index >= 15 is 0 Å². The third kappa shape index (κ3) is 3.16. The molecule has 3 rings (SSSR count). The van der Waals surface area contributed by atoms with E-state index in [0.717, 1.165) is 35.7 Å². The highest BCUT2D eigenvalue weighted by molar-refractivity contribution is 6.22. The average Bonchev–Trinajstić information content (AvgIpc) is 2.93. The Morgan fingerprint density at radius 1 is 1.10 bits per heavy atom. The summed E-state index contributed by atoms with van der Waals surface area (Å²) in [5.41, 5.74) is 3.39. The minimum Gasteiger partial charge on any atom is -0.493 e. The molecule has 2 aromatic carbocycles. The molecule has 110 valence electrons. The Morgan fingerprint density at radius 3 is 2.71 bits per heavy atom. The highest BCUT2D eigenvalue weighted by Gasteiger charge is 2.17. The number of alkyl halides is 1. The molecule has 0 bridgehead atoms. The minimum absolute atomic E-state index is 0.158. The zero-order valence-electron chi connectivity index (χ0n) is 12.3. The first-order valence-electron chi connectivity index (χ1n) is 7.30. The molecule has 1 unspecified atom stereocenters. The van der Waals surface area contributed by atoms with Crippen molar-refractivity contribution in [3.63, 3.8) is 0 Å². The molecule has 0 amide bonds. The third-order valence-electron chi connectivity index (χ3n) is 3.53. The van der Waals surface area contributed by atoms with Gasteiger partial charge in [-0.3, -0.25) is 0 Å². The van der Waals surface area contributed by atoms with Gasteiger partial charge in [0.2, 0.25) is 0 Å². The van der Waals surface area contributed by atoms with Crippen molar-refractivity contribution in [1.82, 2.24) is 0 Å². The Labute approximate surface area is 130 Å². The molecule has 0 spiro atoms. The van der Waals surface area contributed by atoms with Crippen molar-refractivity contribution in [1.29, 1.82) is 0 Å². The SMILES string of the molecule is CC(C)Oc1cccc(C(Cl)c2ccc3c(c2)CCO3)c1. The van der Waals surface area contributed by atoms with Crippen LogP contribution in [0.5, 0.6) is 11.5 Å². The molecule has 0 saturated heterocycles. The second kappa shape index (κ2) is 5.98. The predicted molar refractivity (Wildman–Crippen MR) is 85.5 cm³/mol. The van der Waals surface area contributed by atoms with Gasteiger partial charge in [0.25, 0.3) is 0 Å². The normalized spacial score (nSPS) is 14.7. The third-order valence-corrected chi connectivity index (χ3v) is 4.03. The Balaban J connectivity index is 1.86. The van der Waals surface area contributed by atoms with Gasteiger partial charge in [0.15, 0.2) is 0 Å². The smallest absolute Gasteiger partial charge is 0.122 e. The van der Waals surface area contributed by atoms with E-state index in [9.17, 15) is 0 Å². The van der Waals surface area contributed by atoms with Crippen LogP contribution in [-0.4, -0.2) is 12.7 Å². The van der Waals surface area contributed by atoms with Crippen LogP contribution in [-0.2, 0) is 6.42 Å². The lowest BCUT2D eigenvalue weighted by Gasteiger charge is -2.15. The molecule has 3 heteroatoms. The quantitative estimate of drug-likeness (QED) is 0.760. The van der Waals surface area contributed by atoms with Crippen LogP contribution in [0.15, 0.2) is 42.5 Å². The molecule has 0 aromatic heterocycles. The summed E-state index contributed by atoms with van der Waals surface area (Å²) >= 11 is 6.65. The van der Waals surface area contributed by atoms with Crippen LogP contribution in [0.2, 0.25) is 0 Å². The van der Waals surface area contributed by atoms with Crippen molar-refractivity contribution >= 4 is 11.6 Å². The first kappa shape index (κ1) is 14.3. The first-order valence-corrected chi connectivity index (χ1v) is 7.73. The van der Waals surface area contributed by atoms with E-state index < -0.39 is 0 Å². The van der Waals surface area contributed by atoms with Crippen LogP contribution in [0.1, 0.15) is 35.9 Å². The molecule has 2 nitrogen and oxygen atoms in total. The number of rotatable bonds is 4. The van der Waals surface area contributed by atoms with Gasteiger partial charge in [-0.15, -0.1) is 11.6 Å². The summed E-state index contributed by atoms with van der Waals surface area (Å²) in [5.74, 6) is 1.84. The van der Waals surface area contributed by atoms with Crippen molar-refractivity contribution < 1.29 is 9.47 Å². The second-order valence-corrected chi connectivity index (χ2v) is 6.00. The van der Waals surface area contributed by atoms with E-state index in [4.69, 9.17) is 21.1 Å². The van der Waals surface area contributed by atoms with Crippen molar-refractivity contribution in [3.8, 4) is 11.5 Å². The fraction of sp³-hybridized carbons (Fsp3) is 0.333. The maximum atomic E-state index is 6.65. The van der Waals surface area contributed by atoms with Gasteiger partial charge in [0, 0.05) is 6.42 Å². The first-order chi connectivity index (χ1) is 10.1. The number of hydrogen-bond acceptors (Lipinski definition) is 2. The van der Waals surface area contributed by atoms with Crippen LogP contribution in [0.3, 0.4) is 0 Å². The average molecular weight is 303 g/mol. The van der Waals surface area contributed by atoms with Crippen LogP contribution in [0.25, 0.3) is 0 Å². The van der Waals surface area contributed by atoms with Gasteiger partial charge in [-0.25, -0.2) is 0 Å². The van der Waals surface area contributed by atoms with Gasteiger partial charge < -0.3 is 9.47 Å². The van der Waals surface area contributed by atoms with Crippen LogP contribution < -0.4 is 9.47 Å². The zero-order chi connectivity index (χ0) is 14.8. The number of ether oxygens (including phenoxy) is 2. The van der Waals surface area contributed by atoms with Crippen LogP contribution in [0, 0.1) is 0 Å². The summed E-state index contributed by atoms with van der Waals surface area (Å²) in [5, 5.41) is -0.174. The lowest BCUT2D eigenvalue weighted by atomic mass is 10.0. The molecule has 2 aromatic rings. The van der Waals surface area contributed by atoms with Gasteiger partial charge in [0.1, 0.15) is 11.5 Å². The molecule has 1 atom stereocenters. The predicted octanol–water partition coefficient (Wildman–Crippen LogP) is 4.74. The van der Waals surface area contributed by atoms with Gasteiger partial charge in [-0.1, -0.05) is 24.3 Å². The Hall–Kier alpha value is -1.67. The molecule has 21 heavy (non-hydrogen) atoms. The second-order valence-electron chi connectivity index (χ2n) is 5.57. The molecular formula is C18H19ClO2. The number of halogens is 1. The Bertz CT molecular complexity index is 637. The molecule has 0 N–H and O–H groups in total. The summed E-state index contributed by atoms with van der Waals surface area (Å²) in [7, 11) is 0. The fourth-order valence-electron chi connectivity index (χ4n) is 2.57. The fourth-order valence-corrected chi connectivity index (χ4v) is 2.85. The maximum absolute atomic E-state index is 6.65. The van der Waals surface area contributed by atoms with E-state index in [1.54, 1.807) is 0 Å². The Kier molecular flexibility index (Phi) is 4.07. The summed E-state index contributed by atoms with van der Waals surface area (Å²) in [6, 6.07) is 14.2. The molecule has 0 aliphatic carbocycles. The molecule has 0 fully saturated rings. The van der Waals surface area contributed by atoms with E-state index in [-0.39, 0.29) is 11.5 Å². The molecule has 1 aliphatic rings. The highest BCUT2D eigenvalue weighted by atomic mass is 35.5. The largest absolute Gasteiger partial charge is 0.493 e. The van der Waals surface area contributed by atoms with E-state index in [0.29, 0.717) is 0 Å². The molecule has 1 heterocycles. The van der Waals surface area contributed by atoms with Crippen LogP contribution >= 0.6 is 11.6 Å². The topological polar surface area (TPSA) is 18.5 Å². The minimum atomic E-state index is -0.174. The van der Waals surface area contributed by atoms with Gasteiger partial charge in [-0.05, 0) is 48.7 Å². The Morgan fingerprint density at radius 2 is 1.90 bits per heavy atom. The van der Waals surface area contributed by atoms with Crippen LogP contribution in [0.4, 0.5) is 0 Å². The van der Waals surface area contributed by atoms with Gasteiger partial charge >= 0.3 is 0 Å². The monoisotopic (exact) mass is 302 g/mol. The lowest BCUT2D eigenvalue weighted by Crippen LogP contribution is -2.06. The van der Waals surface area contributed by atoms with Crippen molar-refractivity contribution in [2.24, 2.45) is 0 Å². The molecule has 0 radical (unpaired) electrons. The number of hydrogen-bond donors (Lipinski definition) is 0. The lowest BCUT2D eigenvalue weighted by molar-refractivity contribution is 0.242. The van der Waals surface area contributed by atoms with E-state index in [1.807, 2.05) is 50.2 Å². The van der Waals surface area contributed by atoms with E-state index in [1.165, 1.54) is 5.56 Å². The standard InChI is InChI=1S/C18H19ClO2/c1-12(2)21-16-5-3-4-14(11-16)18(19)15-6-7-17-13(10-15)8-9-20-17/h3-7,10-12,18H,8-9H2,1-2H3. The molecule has 0 saturated carbocycles. The number of fused-ring (bicyclic) bond motifs is 1. The molecule has 1 aliphatic heterocycles. The molecular weight excluding hydrogens is 284 g/mol. The summed E-state index contributed by atoms with van der Waals surface area (Å²) in [4.78, 5) is 0. The van der Waals surface area contributed by atoms with Crippen molar-refractivity contribution in [2.75, 3.05) is 6.61 Å². The van der Waals surface area contributed by atoms with Crippen molar-refractivity contribution in [3.05, 3.63) is 59.2 Å². The summed E-state index contributed by atoms with van der Waals surface area (Å²) in [6.07, 6.45) is 1.12.